The van der Waals surface area contributed by atoms with Crippen molar-refractivity contribution in [2.75, 3.05) is 0 Å². The summed E-state index contributed by atoms with van der Waals surface area (Å²) < 4.78 is 19.1. The van der Waals surface area contributed by atoms with E-state index in [0.717, 1.165) is 103 Å². The molecule has 12 heterocycles. The van der Waals surface area contributed by atoms with E-state index in [9.17, 15) is 70.8 Å². The lowest BCUT2D eigenvalue weighted by Gasteiger charge is -2.24. The van der Waals surface area contributed by atoms with Crippen LogP contribution in [0.4, 0.5) is 41.2 Å². The van der Waals surface area contributed by atoms with Gasteiger partial charge in [-0.3, -0.25) is 0 Å². The summed E-state index contributed by atoms with van der Waals surface area (Å²) in [5, 5.41) is 74.2. The highest BCUT2D eigenvalue weighted by molar-refractivity contribution is 5.40. The van der Waals surface area contributed by atoms with Gasteiger partial charge in [0.05, 0.1) is 49.4 Å². The van der Waals surface area contributed by atoms with E-state index in [-0.39, 0.29) is 122 Å². The van der Waals surface area contributed by atoms with Crippen molar-refractivity contribution in [1.29, 1.82) is 0 Å². The van der Waals surface area contributed by atoms with E-state index in [1.54, 1.807) is 84.5 Å². The summed E-state index contributed by atoms with van der Waals surface area (Å²) in [4.78, 5) is 114. The lowest BCUT2D eigenvalue weighted by atomic mass is 9.91. The molecule has 42 heteroatoms. The molecule has 0 aromatic carbocycles. The number of nitrogens with zero attached hydrogens (tertiary/aromatic N) is 26. The number of imidazole rings is 9. The van der Waals surface area contributed by atoms with Crippen LogP contribution in [0.5, 0.6) is 0 Å². The largest absolute Gasteiger partial charge is 0.434 e. The Kier molecular flexibility index (Phi) is 45.4. The van der Waals surface area contributed by atoms with Crippen LogP contribution in [-0.2, 0) is 93.9 Å². The molecule has 832 valence electrons. The van der Waals surface area contributed by atoms with Gasteiger partial charge in [0.2, 0.25) is 0 Å². The number of nitro groups is 7. The second kappa shape index (κ2) is 50.7. The lowest BCUT2D eigenvalue weighted by molar-refractivity contribution is -0.396. The zero-order chi connectivity index (χ0) is 117. The zero-order valence-electron chi connectivity index (χ0n) is 101. The Labute approximate surface area is 883 Å². The average Bonchev–Trinajstić information content (AvgIpc) is 1.67. The fourth-order valence-electron chi connectivity index (χ4n) is 16.4. The first-order chi connectivity index (χ1) is 66.7. The van der Waals surface area contributed by atoms with Crippen LogP contribution in [0.3, 0.4) is 0 Å². The summed E-state index contributed by atoms with van der Waals surface area (Å²) in [5.74, 6) is 4.35. The van der Waals surface area contributed by atoms with Gasteiger partial charge in [0.25, 0.3) is 0 Å². The summed E-state index contributed by atoms with van der Waals surface area (Å²) in [6.07, 6.45) is 11.3. The molecule has 0 saturated heterocycles. The monoisotopic (exact) mass is 2080 g/mol. The maximum absolute atomic E-state index is 10.9. The van der Waals surface area contributed by atoms with Gasteiger partial charge in [0.1, 0.15) is 80.3 Å². The summed E-state index contributed by atoms with van der Waals surface area (Å²) in [6.45, 7) is 105. The van der Waals surface area contributed by atoms with Crippen LogP contribution in [0.1, 0.15) is 375 Å². The molecular weight excluding hydrogens is 1900 g/mol. The number of H-pyrrole nitrogens is 2. The van der Waals surface area contributed by atoms with Crippen molar-refractivity contribution in [3.63, 3.8) is 0 Å². The van der Waals surface area contributed by atoms with E-state index in [1.165, 1.54) is 27.8 Å². The summed E-state index contributed by atoms with van der Waals surface area (Å²) in [7, 11) is 7.43. The molecule has 0 bridgehead atoms. The molecule has 0 amide bonds. The Balaban J connectivity index is 0.000000813. The average molecular weight is 2080 g/mol. The molecule has 0 radical (unpaired) electrons. The Bertz CT molecular complexity index is 6410. The third-order valence-electron chi connectivity index (χ3n) is 23.4. The highest BCUT2D eigenvalue weighted by atomic mass is 16.7. The molecule has 0 fully saturated rings. The molecular formula is C107H180N28O14. The predicted octanol–water partition coefficient (Wildman–Crippen LogP) is 26.2. The van der Waals surface area contributed by atoms with Crippen molar-refractivity contribution < 1.29 is 34.5 Å². The lowest BCUT2D eigenvalue weighted by Crippen LogP contribution is -2.24. The van der Waals surface area contributed by atoms with Crippen molar-refractivity contribution >= 4 is 41.2 Å². The number of aromatic nitrogens is 21. The molecule has 0 aliphatic carbocycles. The van der Waals surface area contributed by atoms with Crippen molar-refractivity contribution in [2.24, 2.45) is 28.2 Å². The van der Waals surface area contributed by atoms with Crippen molar-refractivity contribution in [3.05, 3.63) is 258 Å². The SMILES string of the molecule is CC(C)(C)c1cnc([N+](=O)[O-])[nH]1.Cc1[nH]c([N+](=O)[O-])nc1C(C)(C)C.Cc1c(C(C)(C)C)nc([N+](=O)[O-])n1C.Cc1cc(C)n(C(C)(C)C)c1[N+](=O)[O-].Cc1ccc([N+](=O)[O-])n1C(C)(C)C.Cc1ccn(C(C)(C)C)c1[N+](=O)[O-].Cc1cn(C(C)(C)C)c(C)n1.Cc1nc(C(C)(C)C)cn1C.Cc1nc(C)n(C(C)(C)C)c1C.Cc1nc([N+](=O)[O-])n(C)c1C(C)(C)C.Cc1ncc(C(C)(C)C)n1C.Cc1ncn(C(C)(C)C)c1C. The standard InChI is InChI=1S/C10H16N2O2.C10H18N2.2C9H15N3O2.2C9H14N2O2.4C9H16N2.C8H13N3O2.C7H11N3O2/c1-7-6-8(2)11(10(3,4)5)9(7)12(13)14;1-7-8(2)12(9(3)11-7)10(4,5)6;1-6-7(9(2,3)4)10-8(11(6)5)12(13)14;1-6-7(9(2,3)4)11(5)8(10-6)12(13)14;1-7-5-6-10(9(2,3)4)8(7)11(12)13;1-7-5-6-8(11(12)13)10(7)9(2,3)4;1-7-10-8(6-11(7)5)9(2,3)4;1-7-10-6-8(11(7)5)9(2,3)4;1-7-8(2)11(6-10-7)9(3,4)5;1-7-6-11(8(2)10-7)9(3,4)5;1-5-6(8(2,3)4)10-7(9-5)11(12)13;1-7(2,3)5-4-8-6(9-5)10(11)12/h6H,1-5H3;1-6H3;2*1-5H3;2*5-6H,1-4H3;4*6H,1-5H3;1-4H3,(H,9,10);4H,1-3H3,(H,8,9). The number of hydrogen-bond donors (Lipinski definition) is 2. The first kappa shape index (κ1) is 134. The fraction of sp³-hybridized carbons (Fsp3) is 0.636. The van der Waals surface area contributed by atoms with Gasteiger partial charge < -0.3 is 93.6 Å². The van der Waals surface area contributed by atoms with Crippen LogP contribution in [-0.4, -0.2) is 135 Å². The maximum atomic E-state index is 10.9. The van der Waals surface area contributed by atoms with E-state index < -0.39 is 19.7 Å². The van der Waals surface area contributed by atoms with Crippen LogP contribution in [0.15, 0.2) is 61.6 Å². The zero-order valence-corrected chi connectivity index (χ0v) is 101. The van der Waals surface area contributed by atoms with Gasteiger partial charge in [-0.15, -0.1) is 0 Å². The molecule has 2 N–H and O–H groups in total. The Morgan fingerprint density at radius 2 is 0.785 bits per heavy atom. The van der Waals surface area contributed by atoms with Gasteiger partial charge in [-0.05, 0) is 288 Å². The third-order valence-corrected chi connectivity index (χ3v) is 23.4. The molecule has 0 unspecified atom stereocenters. The minimum absolute atomic E-state index is 0.0903. The summed E-state index contributed by atoms with van der Waals surface area (Å²) in [5.41, 5.74) is 16.7. The first-order valence-electron chi connectivity index (χ1n) is 49.5. The molecule has 0 saturated carbocycles. The highest BCUT2D eigenvalue weighted by Crippen LogP contribution is 2.36. The van der Waals surface area contributed by atoms with Gasteiger partial charge in [0, 0.05) is 116 Å². The van der Waals surface area contributed by atoms with E-state index >= 15 is 0 Å². The minimum atomic E-state index is -0.532. The van der Waals surface area contributed by atoms with Gasteiger partial charge in [-0.1, -0.05) is 145 Å². The molecule has 12 rings (SSSR count). The molecule has 12 aromatic heterocycles. The number of aromatic amines is 2. The Hall–Kier alpha value is -13.5. The normalized spacial score (nSPS) is 11.9. The van der Waals surface area contributed by atoms with Gasteiger partial charge in [0.15, 0.2) is 17.1 Å². The summed E-state index contributed by atoms with van der Waals surface area (Å²) in [6, 6.07) is 6.93. The Morgan fingerprint density at radius 3 is 1.01 bits per heavy atom. The first-order valence-corrected chi connectivity index (χ1v) is 49.5. The molecule has 0 atom stereocenters. The number of aryl methyl sites for hydroxylation is 14. The van der Waals surface area contributed by atoms with Crippen molar-refractivity contribution in [1.82, 2.24) is 100 Å². The highest BCUT2D eigenvalue weighted by Gasteiger charge is 2.36. The molecule has 0 aliphatic heterocycles. The summed E-state index contributed by atoms with van der Waals surface area (Å²) >= 11 is 0. The quantitative estimate of drug-likeness (QED) is 0.110. The molecule has 12 aromatic rings. The molecule has 0 aliphatic rings. The van der Waals surface area contributed by atoms with Gasteiger partial charge in [-0.2, -0.15) is 0 Å². The van der Waals surface area contributed by atoms with Crippen LogP contribution >= 0.6 is 0 Å². The smallest absolute Gasteiger partial charge is 0.390 e. The van der Waals surface area contributed by atoms with E-state index in [0.29, 0.717) is 5.56 Å². The second-order valence-electron chi connectivity index (χ2n) is 49.6. The number of nitrogens with one attached hydrogen (secondary N) is 2. The maximum Gasteiger partial charge on any atom is 0.434 e. The van der Waals surface area contributed by atoms with Crippen molar-refractivity contribution in [2.45, 2.75) is 426 Å². The number of hydrogen-bond acceptors (Lipinski definition) is 23. The van der Waals surface area contributed by atoms with Crippen LogP contribution in [0.2, 0.25) is 0 Å². The predicted molar refractivity (Wildman–Crippen MR) is 595 cm³/mol. The van der Waals surface area contributed by atoms with E-state index in [1.807, 2.05) is 226 Å². The van der Waals surface area contributed by atoms with Gasteiger partial charge >= 0.3 is 41.2 Å². The topological polar surface area (TPSA) is 499 Å². The van der Waals surface area contributed by atoms with Gasteiger partial charge in [-0.25, -0.2) is 57.7 Å². The van der Waals surface area contributed by atoms with Crippen molar-refractivity contribution in [3.8, 4) is 0 Å². The van der Waals surface area contributed by atoms with Crippen LogP contribution < -0.4 is 0 Å². The van der Waals surface area contributed by atoms with E-state index in [4.69, 9.17) is 0 Å². The number of rotatable bonds is 7. The molecule has 0 spiro atoms. The second-order valence-corrected chi connectivity index (χ2v) is 49.6. The minimum Gasteiger partial charge on any atom is -0.390 e. The Morgan fingerprint density at radius 1 is 0.315 bits per heavy atom. The third kappa shape index (κ3) is 38.6. The van der Waals surface area contributed by atoms with Crippen LogP contribution in [0, 0.1) is 182 Å². The van der Waals surface area contributed by atoms with E-state index in [2.05, 4.69) is 229 Å². The van der Waals surface area contributed by atoms with Crippen LogP contribution in [0.25, 0.3) is 0 Å². The fourth-order valence-corrected chi connectivity index (χ4v) is 16.4. The molecule has 42 nitrogen and oxygen atoms in total. The molecule has 149 heavy (non-hydrogen) atoms.